The highest BCUT2D eigenvalue weighted by atomic mass is 19.1. The number of nitrogens with one attached hydrogen (secondary N) is 1. The quantitative estimate of drug-likeness (QED) is 0.634. The van der Waals surface area contributed by atoms with E-state index in [2.05, 4.69) is 10.3 Å². The number of aliphatic imine (C=N–C) groups is 1. The zero-order valence-electron chi connectivity index (χ0n) is 14.8. The van der Waals surface area contributed by atoms with Gasteiger partial charge >= 0.3 is 0 Å². The van der Waals surface area contributed by atoms with E-state index < -0.39 is 11.6 Å². The molecule has 2 aromatic rings. The van der Waals surface area contributed by atoms with E-state index in [1.165, 1.54) is 12.1 Å². The molecule has 1 aliphatic heterocycles. The molecule has 5 nitrogen and oxygen atoms in total. The SMILES string of the molecule is NC(=NC1CC(c2cc(F)cc(F)c2)C1)Nc1ccc2c(c1)OCCCO2. The van der Waals surface area contributed by atoms with Crippen molar-refractivity contribution in [1.82, 2.24) is 0 Å². The molecule has 1 fully saturated rings. The summed E-state index contributed by atoms with van der Waals surface area (Å²) in [7, 11) is 0. The second-order valence-electron chi connectivity index (χ2n) is 6.88. The Morgan fingerprint density at radius 2 is 1.70 bits per heavy atom. The number of nitrogens with two attached hydrogens (primary N) is 1. The van der Waals surface area contributed by atoms with Gasteiger partial charge in [0.05, 0.1) is 19.3 Å². The third kappa shape index (κ3) is 4.13. The van der Waals surface area contributed by atoms with E-state index in [1.807, 2.05) is 18.2 Å². The van der Waals surface area contributed by atoms with Gasteiger partial charge in [0, 0.05) is 24.2 Å². The third-order valence-electron chi connectivity index (χ3n) is 4.81. The number of halogens is 2. The van der Waals surface area contributed by atoms with Gasteiger partial charge in [-0.25, -0.2) is 13.8 Å². The number of nitrogens with zero attached hydrogens (tertiary/aromatic N) is 1. The van der Waals surface area contributed by atoms with Gasteiger partial charge in [-0.05, 0) is 48.6 Å². The van der Waals surface area contributed by atoms with E-state index in [0.717, 1.165) is 23.9 Å². The van der Waals surface area contributed by atoms with Crippen molar-refractivity contribution in [3.63, 3.8) is 0 Å². The van der Waals surface area contributed by atoms with Crippen LogP contribution in [-0.2, 0) is 0 Å². The Hall–Kier alpha value is -2.83. The minimum atomic E-state index is -0.549. The standard InChI is InChI=1S/C20H21F2N3O2/c21-14-6-12(7-15(22)10-14)13-8-17(9-13)25-20(23)24-16-2-3-18-19(11-16)27-5-1-4-26-18/h2-3,6-7,10-11,13,17H,1,4-5,8-9H2,(H3,23,24,25). The first kappa shape index (κ1) is 17.6. The Morgan fingerprint density at radius 1 is 1.00 bits per heavy atom. The van der Waals surface area contributed by atoms with E-state index in [1.54, 1.807) is 0 Å². The average molecular weight is 373 g/mol. The molecule has 0 bridgehead atoms. The molecule has 4 rings (SSSR count). The molecule has 0 amide bonds. The van der Waals surface area contributed by atoms with Gasteiger partial charge < -0.3 is 20.5 Å². The smallest absolute Gasteiger partial charge is 0.193 e. The zero-order valence-corrected chi connectivity index (χ0v) is 14.8. The van der Waals surface area contributed by atoms with Gasteiger partial charge in [0.2, 0.25) is 0 Å². The van der Waals surface area contributed by atoms with Crippen LogP contribution in [-0.4, -0.2) is 25.2 Å². The van der Waals surface area contributed by atoms with Crippen molar-refractivity contribution in [2.45, 2.75) is 31.2 Å². The highest BCUT2D eigenvalue weighted by molar-refractivity contribution is 5.92. The number of hydrogen-bond acceptors (Lipinski definition) is 3. The van der Waals surface area contributed by atoms with Crippen LogP contribution in [0.1, 0.15) is 30.7 Å². The van der Waals surface area contributed by atoms with Crippen LogP contribution in [0.5, 0.6) is 11.5 Å². The predicted molar refractivity (Wildman–Crippen MR) is 99.4 cm³/mol. The highest BCUT2D eigenvalue weighted by Gasteiger charge is 2.31. The molecular weight excluding hydrogens is 352 g/mol. The molecule has 0 spiro atoms. The van der Waals surface area contributed by atoms with E-state index in [4.69, 9.17) is 15.2 Å². The Labute approximate surface area is 156 Å². The second-order valence-corrected chi connectivity index (χ2v) is 6.88. The summed E-state index contributed by atoms with van der Waals surface area (Å²) in [5.41, 5.74) is 7.44. The van der Waals surface area contributed by atoms with Crippen molar-refractivity contribution in [2.75, 3.05) is 18.5 Å². The van der Waals surface area contributed by atoms with Crippen molar-refractivity contribution < 1.29 is 18.3 Å². The normalized spacial score (nSPS) is 21.9. The van der Waals surface area contributed by atoms with E-state index in [0.29, 0.717) is 43.3 Å². The first-order valence-electron chi connectivity index (χ1n) is 9.03. The molecule has 27 heavy (non-hydrogen) atoms. The van der Waals surface area contributed by atoms with Gasteiger partial charge in [-0.15, -0.1) is 0 Å². The monoisotopic (exact) mass is 373 g/mol. The van der Waals surface area contributed by atoms with Gasteiger partial charge in [-0.2, -0.15) is 0 Å². The highest BCUT2D eigenvalue weighted by Crippen LogP contribution is 2.39. The van der Waals surface area contributed by atoms with Crippen LogP contribution in [0.25, 0.3) is 0 Å². The number of anilines is 1. The summed E-state index contributed by atoms with van der Waals surface area (Å²) in [5, 5.41) is 3.06. The number of rotatable bonds is 3. The fourth-order valence-corrected chi connectivity index (χ4v) is 3.39. The van der Waals surface area contributed by atoms with E-state index >= 15 is 0 Å². The Morgan fingerprint density at radius 3 is 2.44 bits per heavy atom. The van der Waals surface area contributed by atoms with Gasteiger partial charge in [-0.3, -0.25) is 0 Å². The van der Waals surface area contributed by atoms with Gasteiger partial charge in [0.1, 0.15) is 11.6 Å². The van der Waals surface area contributed by atoms with Crippen molar-refractivity contribution >= 4 is 11.6 Å². The van der Waals surface area contributed by atoms with Crippen LogP contribution in [0.3, 0.4) is 0 Å². The lowest BCUT2D eigenvalue weighted by Gasteiger charge is -2.33. The van der Waals surface area contributed by atoms with Gasteiger partial charge in [0.15, 0.2) is 17.5 Å². The lowest BCUT2D eigenvalue weighted by atomic mass is 9.76. The Bertz CT molecular complexity index is 846. The summed E-state index contributed by atoms with van der Waals surface area (Å²) in [4.78, 5) is 4.45. The van der Waals surface area contributed by atoms with Crippen LogP contribution < -0.4 is 20.5 Å². The van der Waals surface area contributed by atoms with Crippen molar-refractivity contribution in [2.24, 2.45) is 10.7 Å². The maximum Gasteiger partial charge on any atom is 0.193 e. The molecule has 3 N–H and O–H groups in total. The molecule has 1 saturated carbocycles. The van der Waals surface area contributed by atoms with Crippen molar-refractivity contribution in [3.8, 4) is 11.5 Å². The van der Waals surface area contributed by atoms with Crippen LogP contribution >= 0.6 is 0 Å². The molecular formula is C20H21F2N3O2. The number of ether oxygens (including phenoxy) is 2. The number of fused-ring (bicyclic) bond motifs is 1. The average Bonchev–Trinajstić information content (AvgIpc) is 2.81. The first-order chi connectivity index (χ1) is 13.1. The second kappa shape index (κ2) is 7.42. The number of guanidine groups is 1. The maximum absolute atomic E-state index is 13.3. The summed E-state index contributed by atoms with van der Waals surface area (Å²) in [6, 6.07) is 9.22. The molecule has 0 unspecified atom stereocenters. The zero-order chi connectivity index (χ0) is 18.8. The number of hydrogen-bond donors (Lipinski definition) is 2. The summed E-state index contributed by atoms with van der Waals surface area (Å²) < 4.78 is 37.9. The van der Waals surface area contributed by atoms with E-state index in [9.17, 15) is 8.78 Å². The van der Waals surface area contributed by atoms with Crippen molar-refractivity contribution in [3.05, 3.63) is 53.6 Å². The first-order valence-corrected chi connectivity index (χ1v) is 9.03. The molecule has 7 heteroatoms. The molecule has 0 radical (unpaired) electrons. The molecule has 1 aliphatic carbocycles. The molecule has 2 aromatic carbocycles. The summed E-state index contributed by atoms with van der Waals surface area (Å²) >= 11 is 0. The summed E-state index contributed by atoms with van der Waals surface area (Å²) in [6.45, 7) is 1.26. The molecule has 142 valence electrons. The topological polar surface area (TPSA) is 68.9 Å². The van der Waals surface area contributed by atoms with Crippen molar-refractivity contribution in [1.29, 1.82) is 0 Å². The predicted octanol–water partition coefficient (Wildman–Crippen LogP) is 3.80. The molecule has 0 saturated heterocycles. The molecule has 0 aromatic heterocycles. The minimum absolute atomic E-state index is 0.0363. The fraction of sp³-hybridized carbons (Fsp3) is 0.350. The summed E-state index contributed by atoms with van der Waals surface area (Å²) in [5.74, 6) is 0.716. The van der Waals surface area contributed by atoms with E-state index in [-0.39, 0.29) is 12.0 Å². The maximum atomic E-state index is 13.3. The molecule has 1 heterocycles. The minimum Gasteiger partial charge on any atom is -0.490 e. The Kier molecular flexibility index (Phi) is 4.83. The Balaban J connectivity index is 1.36. The largest absolute Gasteiger partial charge is 0.490 e. The van der Waals surface area contributed by atoms with Gasteiger partial charge in [-0.1, -0.05) is 0 Å². The molecule has 2 aliphatic rings. The van der Waals surface area contributed by atoms with Crippen LogP contribution in [0, 0.1) is 11.6 Å². The summed E-state index contributed by atoms with van der Waals surface area (Å²) in [6.07, 6.45) is 2.28. The lowest BCUT2D eigenvalue weighted by Crippen LogP contribution is -2.31. The van der Waals surface area contributed by atoms with Gasteiger partial charge in [0.25, 0.3) is 0 Å². The van der Waals surface area contributed by atoms with Crippen LogP contribution in [0.15, 0.2) is 41.4 Å². The molecule has 0 atom stereocenters. The van der Waals surface area contributed by atoms with Crippen LogP contribution in [0.2, 0.25) is 0 Å². The fourth-order valence-electron chi connectivity index (χ4n) is 3.39. The third-order valence-corrected chi connectivity index (χ3v) is 4.81. The lowest BCUT2D eigenvalue weighted by molar-refractivity contribution is 0.297. The number of benzene rings is 2. The van der Waals surface area contributed by atoms with Crippen LogP contribution in [0.4, 0.5) is 14.5 Å².